The summed E-state index contributed by atoms with van der Waals surface area (Å²) in [5, 5.41) is 0.549. The number of rotatable bonds is 6. The van der Waals surface area contributed by atoms with Gasteiger partial charge in [0.15, 0.2) is 11.6 Å². The van der Waals surface area contributed by atoms with Gasteiger partial charge < -0.3 is 0 Å². The lowest BCUT2D eigenvalue weighted by molar-refractivity contribution is -0.121. The van der Waals surface area contributed by atoms with Gasteiger partial charge in [0.2, 0.25) is 0 Å². The summed E-state index contributed by atoms with van der Waals surface area (Å²) in [7, 11) is 0. The van der Waals surface area contributed by atoms with Crippen LogP contribution >= 0.6 is 11.6 Å². The maximum Gasteiger partial charge on any atom is 0.185 e. The summed E-state index contributed by atoms with van der Waals surface area (Å²) in [6.45, 7) is 1.79. The molecule has 3 aromatic carbocycles. The lowest BCUT2D eigenvalue weighted by Crippen LogP contribution is -2.44. The number of carbonyl (C=O) groups excluding carboxylic acids is 2. The van der Waals surface area contributed by atoms with Gasteiger partial charge in [0.1, 0.15) is 5.41 Å². The van der Waals surface area contributed by atoms with Crippen molar-refractivity contribution in [2.75, 3.05) is 0 Å². The molecule has 0 amide bonds. The standard InChI is InChI=1S/C23H19ClO2/c1-2-21(25)23(18-9-5-3-6-10-18,19-11-7-4-8-12-19)22(26)17-13-15-20(24)16-14-17/h3-16H,2H2,1H3. The van der Waals surface area contributed by atoms with Gasteiger partial charge in [-0.05, 0) is 35.4 Å². The van der Waals surface area contributed by atoms with Gasteiger partial charge in [-0.25, -0.2) is 0 Å². The third-order valence-corrected chi connectivity index (χ3v) is 4.85. The second-order valence-corrected chi connectivity index (χ2v) is 6.53. The van der Waals surface area contributed by atoms with Crippen molar-refractivity contribution >= 4 is 23.2 Å². The van der Waals surface area contributed by atoms with Crippen molar-refractivity contribution in [2.24, 2.45) is 0 Å². The van der Waals surface area contributed by atoms with E-state index in [-0.39, 0.29) is 18.0 Å². The molecule has 0 spiro atoms. The second-order valence-electron chi connectivity index (χ2n) is 6.09. The second kappa shape index (κ2) is 7.67. The molecule has 0 fully saturated rings. The van der Waals surface area contributed by atoms with Crippen LogP contribution in [-0.2, 0) is 10.2 Å². The van der Waals surface area contributed by atoms with Gasteiger partial charge in [-0.3, -0.25) is 9.59 Å². The minimum atomic E-state index is -1.37. The number of benzene rings is 3. The van der Waals surface area contributed by atoms with Crippen LogP contribution < -0.4 is 0 Å². The summed E-state index contributed by atoms with van der Waals surface area (Å²) in [4.78, 5) is 27.0. The van der Waals surface area contributed by atoms with E-state index in [0.29, 0.717) is 21.7 Å². The van der Waals surface area contributed by atoms with Crippen LogP contribution in [0.4, 0.5) is 0 Å². The van der Waals surface area contributed by atoms with Gasteiger partial charge in [0.25, 0.3) is 0 Å². The fourth-order valence-electron chi connectivity index (χ4n) is 3.34. The van der Waals surface area contributed by atoms with Gasteiger partial charge >= 0.3 is 0 Å². The highest BCUT2D eigenvalue weighted by Gasteiger charge is 2.47. The monoisotopic (exact) mass is 362 g/mol. The topological polar surface area (TPSA) is 34.1 Å². The Bertz CT molecular complexity index is 860. The highest BCUT2D eigenvalue weighted by molar-refractivity contribution is 6.30. The molecule has 0 aliphatic carbocycles. The van der Waals surface area contributed by atoms with E-state index in [9.17, 15) is 9.59 Å². The average molecular weight is 363 g/mol. The highest BCUT2D eigenvalue weighted by atomic mass is 35.5. The quantitative estimate of drug-likeness (QED) is 0.429. The Labute approximate surface area is 158 Å². The van der Waals surface area contributed by atoms with Crippen LogP contribution in [0.5, 0.6) is 0 Å². The van der Waals surface area contributed by atoms with E-state index in [1.807, 2.05) is 60.7 Å². The Morgan fingerprint density at radius 1 is 0.769 bits per heavy atom. The maximum absolute atomic E-state index is 13.7. The molecule has 0 bridgehead atoms. The first-order valence-electron chi connectivity index (χ1n) is 8.55. The average Bonchev–Trinajstić information content (AvgIpc) is 2.70. The van der Waals surface area contributed by atoms with Crippen LogP contribution in [0.3, 0.4) is 0 Å². The van der Waals surface area contributed by atoms with Crippen LogP contribution in [0.2, 0.25) is 5.02 Å². The van der Waals surface area contributed by atoms with E-state index in [0.717, 1.165) is 0 Å². The molecule has 0 aromatic heterocycles. The molecule has 130 valence electrons. The van der Waals surface area contributed by atoms with Gasteiger partial charge in [0, 0.05) is 17.0 Å². The third-order valence-electron chi connectivity index (χ3n) is 4.60. The van der Waals surface area contributed by atoms with E-state index in [2.05, 4.69) is 0 Å². The highest BCUT2D eigenvalue weighted by Crippen LogP contribution is 2.38. The number of carbonyl (C=O) groups is 2. The third kappa shape index (κ3) is 3.09. The lowest BCUT2D eigenvalue weighted by Gasteiger charge is -2.32. The number of hydrogen-bond donors (Lipinski definition) is 0. The van der Waals surface area contributed by atoms with Crippen LogP contribution in [0.25, 0.3) is 0 Å². The van der Waals surface area contributed by atoms with Crippen molar-refractivity contribution in [1.29, 1.82) is 0 Å². The SMILES string of the molecule is CCC(=O)C(C(=O)c1ccc(Cl)cc1)(c1ccccc1)c1ccccc1. The van der Waals surface area contributed by atoms with E-state index in [4.69, 9.17) is 11.6 Å². The summed E-state index contributed by atoms with van der Waals surface area (Å²) < 4.78 is 0. The fourth-order valence-corrected chi connectivity index (χ4v) is 3.46. The van der Waals surface area contributed by atoms with Crippen molar-refractivity contribution in [1.82, 2.24) is 0 Å². The molecule has 26 heavy (non-hydrogen) atoms. The van der Waals surface area contributed by atoms with E-state index < -0.39 is 5.41 Å². The largest absolute Gasteiger partial charge is 0.298 e. The molecule has 0 saturated heterocycles. The van der Waals surface area contributed by atoms with Crippen molar-refractivity contribution in [3.05, 3.63) is 107 Å². The summed E-state index contributed by atoms with van der Waals surface area (Å²) in [5.74, 6) is -0.367. The summed E-state index contributed by atoms with van der Waals surface area (Å²) in [5.41, 5.74) is 0.449. The summed E-state index contributed by atoms with van der Waals surface area (Å²) in [6.07, 6.45) is 0.253. The van der Waals surface area contributed by atoms with Gasteiger partial charge in [-0.1, -0.05) is 79.2 Å². The first-order chi connectivity index (χ1) is 12.6. The predicted octanol–water partition coefficient (Wildman–Crippen LogP) is 5.49. The summed E-state index contributed by atoms with van der Waals surface area (Å²) in [6, 6.07) is 25.2. The van der Waals surface area contributed by atoms with E-state index in [1.165, 1.54) is 0 Å². The predicted molar refractivity (Wildman–Crippen MR) is 105 cm³/mol. The normalized spacial score (nSPS) is 11.2. The molecule has 3 rings (SSSR count). The molecule has 3 heteroatoms. The van der Waals surface area contributed by atoms with Crippen LogP contribution in [0.1, 0.15) is 34.8 Å². The number of Topliss-reactive ketones (excluding diaryl/α,β-unsaturated/α-hetero) is 2. The zero-order valence-electron chi connectivity index (χ0n) is 14.5. The Hall–Kier alpha value is -2.71. The molecule has 0 atom stereocenters. The van der Waals surface area contributed by atoms with Gasteiger partial charge in [-0.15, -0.1) is 0 Å². The minimum Gasteiger partial charge on any atom is -0.298 e. The first-order valence-corrected chi connectivity index (χ1v) is 8.93. The molecule has 3 aromatic rings. The smallest absolute Gasteiger partial charge is 0.185 e. The van der Waals surface area contributed by atoms with Crippen molar-refractivity contribution in [2.45, 2.75) is 18.8 Å². The molecule has 0 heterocycles. The Balaban J connectivity index is 2.32. The van der Waals surface area contributed by atoms with Crippen LogP contribution in [0.15, 0.2) is 84.9 Å². The lowest BCUT2D eigenvalue weighted by atomic mass is 9.66. The maximum atomic E-state index is 13.7. The Morgan fingerprint density at radius 3 is 1.65 bits per heavy atom. The van der Waals surface area contributed by atoms with Gasteiger partial charge in [0.05, 0.1) is 0 Å². The van der Waals surface area contributed by atoms with Crippen LogP contribution in [-0.4, -0.2) is 11.6 Å². The van der Waals surface area contributed by atoms with E-state index in [1.54, 1.807) is 31.2 Å². The van der Waals surface area contributed by atoms with Crippen molar-refractivity contribution in [3.63, 3.8) is 0 Å². The fraction of sp³-hybridized carbons (Fsp3) is 0.130. The number of hydrogen-bond acceptors (Lipinski definition) is 2. The molecule has 0 unspecified atom stereocenters. The Kier molecular flexibility index (Phi) is 5.34. The van der Waals surface area contributed by atoms with Gasteiger partial charge in [-0.2, -0.15) is 0 Å². The van der Waals surface area contributed by atoms with Crippen molar-refractivity contribution < 1.29 is 9.59 Å². The summed E-state index contributed by atoms with van der Waals surface area (Å²) >= 11 is 5.98. The molecule has 2 nitrogen and oxygen atoms in total. The molecular weight excluding hydrogens is 344 g/mol. The van der Waals surface area contributed by atoms with E-state index >= 15 is 0 Å². The van der Waals surface area contributed by atoms with Crippen LogP contribution in [0, 0.1) is 0 Å². The number of halogens is 1. The molecule has 0 radical (unpaired) electrons. The minimum absolute atomic E-state index is 0.130. The van der Waals surface area contributed by atoms with Crippen molar-refractivity contribution in [3.8, 4) is 0 Å². The molecule has 0 N–H and O–H groups in total. The Morgan fingerprint density at radius 2 is 1.23 bits per heavy atom. The molecule has 0 aliphatic rings. The zero-order valence-corrected chi connectivity index (χ0v) is 15.2. The molecule has 0 saturated carbocycles. The first kappa shape index (κ1) is 18.1. The molecule has 0 aliphatic heterocycles. The molecular formula is C23H19ClO2. The number of ketones is 2. The zero-order chi connectivity index (χ0) is 18.6.